The molecule has 0 atom stereocenters. The number of hydrogen-bond acceptors (Lipinski definition) is 3. The van der Waals surface area contributed by atoms with Gasteiger partial charge in [-0.1, -0.05) is 0 Å². The van der Waals surface area contributed by atoms with Crippen LogP contribution in [0.4, 0.5) is 19.0 Å². The summed E-state index contributed by atoms with van der Waals surface area (Å²) in [5.41, 5.74) is -0.445. The number of halogens is 3. The summed E-state index contributed by atoms with van der Waals surface area (Å²) in [6, 6.07) is 0. The van der Waals surface area contributed by atoms with Crippen molar-refractivity contribution in [3.63, 3.8) is 0 Å². The maximum absolute atomic E-state index is 11.8. The van der Waals surface area contributed by atoms with Gasteiger partial charge in [-0.25, -0.2) is 4.98 Å². The van der Waals surface area contributed by atoms with Gasteiger partial charge in [-0.3, -0.25) is 4.79 Å². The molecular formula is C8H10F3N3O. The Bertz CT molecular complexity index is 385. The van der Waals surface area contributed by atoms with E-state index >= 15 is 0 Å². The first kappa shape index (κ1) is 11.5. The van der Waals surface area contributed by atoms with E-state index in [0.29, 0.717) is 0 Å². The molecule has 1 rings (SSSR count). The molecule has 0 aliphatic heterocycles. The summed E-state index contributed by atoms with van der Waals surface area (Å²) in [5.74, 6) is -0.0655. The van der Waals surface area contributed by atoms with E-state index in [2.05, 4.69) is 10.3 Å². The molecule has 0 aromatic carbocycles. The zero-order chi connectivity index (χ0) is 11.5. The minimum atomic E-state index is -4.23. The minimum absolute atomic E-state index is 0.0655. The van der Waals surface area contributed by atoms with Gasteiger partial charge in [0.15, 0.2) is 5.82 Å². The topological polar surface area (TPSA) is 46.9 Å². The summed E-state index contributed by atoms with van der Waals surface area (Å²) in [7, 11) is 1.50. The number of alkyl halides is 3. The van der Waals surface area contributed by atoms with Crippen LogP contribution in [-0.2, 0) is 7.05 Å². The third-order valence-electron chi connectivity index (χ3n) is 1.72. The van der Waals surface area contributed by atoms with Crippen molar-refractivity contribution in [2.45, 2.75) is 12.6 Å². The van der Waals surface area contributed by atoms with Gasteiger partial charge in [0.1, 0.15) is 0 Å². The monoisotopic (exact) mass is 221 g/mol. The fourth-order valence-corrected chi connectivity index (χ4v) is 0.942. The third-order valence-corrected chi connectivity index (χ3v) is 1.72. The molecule has 0 aliphatic carbocycles. The van der Waals surface area contributed by atoms with Gasteiger partial charge in [-0.15, -0.1) is 0 Å². The van der Waals surface area contributed by atoms with Crippen molar-refractivity contribution in [3.05, 3.63) is 22.7 Å². The van der Waals surface area contributed by atoms with E-state index in [1.165, 1.54) is 24.0 Å². The summed E-state index contributed by atoms with van der Waals surface area (Å²) in [5, 5.41) is 2.35. The molecule has 0 fully saturated rings. The predicted octanol–water partition coefficient (Wildman–Crippen LogP) is 1.14. The molecule has 7 heteroatoms. The minimum Gasteiger partial charge on any atom is -0.365 e. The maximum Gasteiger partial charge on any atom is 0.390 e. The Morgan fingerprint density at radius 1 is 1.53 bits per heavy atom. The fourth-order valence-electron chi connectivity index (χ4n) is 0.942. The largest absolute Gasteiger partial charge is 0.390 e. The first-order valence-electron chi connectivity index (χ1n) is 4.22. The van der Waals surface area contributed by atoms with Crippen LogP contribution in [-0.4, -0.2) is 22.3 Å². The molecule has 1 aromatic heterocycles. The van der Waals surface area contributed by atoms with Crippen molar-refractivity contribution >= 4 is 5.82 Å². The van der Waals surface area contributed by atoms with E-state index in [1.54, 1.807) is 0 Å². The van der Waals surface area contributed by atoms with Crippen LogP contribution < -0.4 is 10.9 Å². The van der Waals surface area contributed by atoms with E-state index in [-0.39, 0.29) is 12.4 Å². The number of anilines is 1. The van der Waals surface area contributed by atoms with Crippen molar-refractivity contribution in [1.82, 2.24) is 9.55 Å². The highest BCUT2D eigenvalue weighted by Gasteiger charge is 2.26. The molecule has 84 valence electrons. The summed E-state index contributed by atoms with van der Waals surface area (Å²) >= 11 is 0. The lowest BCUT2D eigenvalue weighted by molar-refractivity contribution is -0.131. The standard InChI is InChI=1S/C8H10F3N3O/c1-14-5-4-13-6(7(14)15)12-3-2-8(9,10)11/h4-5H,2-3H2,1H3,(H,12,13). The van der Waals surface area contributed by atoms with Crippen LogP contribution in [0.1, 0.15) is 6.42 Å². The average molecular weight is 221 g/mol. The molecule has 15 heavy (non-hydrogen) atoms. The summed E-state index contributed by atoms with van der Waals surface area (Å²) in [6.07, 6.45) is -2.45. The molecule has 4 nitrogen and oxygen atoms in total. The molecule has 1 N–H and O–H groups in total. The molecule has 0 amide bonds. The second-order valence-electron chi connectivity index (χ2n) is 2.98. The number of aromatic nitrogens is 2. The summed E-state index contributed by atoms with van der Waals surface area (Å²) < 4.78 is 36.6. The number of nitrogens with zero attached hydrogens (tertiary/aromatic N) is 2. The quantitative estimate of drug-likeness (QED) is 0.832. The van der Waals surface area contributed by atoms with Gasteiger partial charge in [-0.05, 0) is 0 Å². The van der Waals surface area contributed by atoms with Crippen LogP contribution in [0.2, 0.25) is 0 Å². The average Bonchev–Trinajstić information content (AvgIpc) is 2.10. The first-order valence-corrected chi connectivity index (χ1v) is 4.22. The lowest BCUT2D eigenvalue weighted by Crippen LogP contribution is -2.24. The van der Waals surface area contributed by atoms with Crippen LogP contribution in [0, 0.1) is 0 Å². The Balaban J connectivity index is 2.59. The van der Waals surface area contributed by atoms with E-state index in [1.807, 2.05) is 0 Å². The van der Waals surface area contributed by atoms with E-state index in [0.717, 1.165) is 0 Å². The first-order chi connectivity index (χ1) is 6.90. The number of nitrogens with one attached hydrogen (secondary N) is 1. The van der Waals surface area contributed by atoms with E-state index in [9.17, 15) is 18.0 Å². The van der Waals surface area contributed by atoms with Gasteiger partial charge in [0.05, 0.1) is 6.42 Å². The highest BCUT2D eigenvalue weighted by Crippen LogP contribution is 2.18. The fraction of sp³-hybridized carbons (Fsp3) is 0.500. The van der Waals surface area contributed by atoms with Gasteiger partial charge in [0.2, 0.25) is 0 Å². The predicted molar refractivity (Wildman–Crippen MR) is 48.6 cm³/mol. The van der Waals surface area contributed by atoms with Crippen LogP contribution in [0.3, 0.4) is 0 Å². The SMILES string of the molecule is Cn1ccnc(NCCC(F)(F)F)c1=O. The Hall–Kier alpha value is -1.53. The second-order valence-corrected chi connectivity index (χ2v) is 2.98. The molecule has 0 radical (unpaired) electrons. The Morgan fingerprint density at radius 2 is 2.20 bits per heavy atom. The molecule has 1 aromatic rings. The zero-order valence-corrected chi connectivity index (χ0v) is 8.01. The number of hydrogen-bond donors (Lipinski definition) is 1. The lowest BCUT2D eigenvalue weighted by Gasteiger charge is -2.08. The highest BCUT2D eigenvalue weighted by atomic mass is 19.4. The van der Waals surface area contributed by atoms with Crippen molar-refractivity contribution in [2.24, 2.45) is 7.05 Å². The van der Waals surface area contributed by atoms with Crippen molar-refractivity contribution in [3.8, 4) is 0 Å². The second kappa shape index (κ2) is 4.33. The summed E-state index contributed by atoms with van der Waals surface area (Å²) in [6.45, 7) is -0.351. The van der Waals surface area contributed by atoms with Gasteiger partial charge in [0, 0.05) is 26.0 Å². The smallest absolute Gasteiger partial charge is 0.365 e. The Labute approximate surface area is 83.7 Å². The molecular weight excluding hydrogens is 211 g/mol. The third kappa shape index (κ3) is 3.61. The Kier molecular flexibility index (Phi) is 3.33. The van der Waals surface area contributed by atoms with Crippen molar-refractivity contribution in [2.75, 3.05) is 11.9 Å². The van der Waals surface area contributed by atoms with E-state index in [4.69, 9.17) is 0 Å². The molecule has 1 heterocycles. The van der Waals surface area contributed by atoms with Crippen LogP contribution in [0.5, 0.6) is 0 Å². The Morgan fingerprint density at radius 3 is 2.80 bits per heavy atom. The zero-order valence-electron chi connectivity index (χ0n) is 8.01. The van der Waals surface area contributed by atoms with Crippen molar-refractivity contribution < 1.29 is 13.2 Å². The van der Waals surface area contributed by atoms with E-state index < -0.39 is 18.2 Å². The molecule has 0 unspecified atom stereocenters. The lowest BCUT2D eigenvalue weighted by atomic mass is 10.4. The molecule has 0 saturated carbocycles. The van der Waals surface area contributed by atoms with Gasteiger partial charge >= 0.3 is 6.18 Å². The van der Waals surface area contributed by atoms with Crippen LogP contribution in [0.15, 0.2) is 17.2 Å². The van der Waals surface area contributed by atoms with Crippen LogP contribution in [0.25, 0.3) is 0 Å². The summed E-state index contributed by atoms with van der Waals surface area (Å²) in [4.78, 5) is 14.9. The van der Waals surface area contributed by atoms with Crippen LogP contribution >= 0.6 is 0 Å². The van der Waals surface area contributed by atoms with Gasteiger partial charge < -0.3 is 9.88 Å². The number of rotatable bonds is 3. The molecule has 0 saturated heterocycles. The molecule has 0 aliphatic rings. The molecule has 0 bridgehead atoms. The van der Waals surface area contributed by atoms with Gasteiger partial charge in [0.25, 0.3) is 5.56 Å². The van der Waals surface area contributed by atoms with Gasteiger partial charge in [-0.2, -0.15) is 13.2 Å². The maximum atomic E-state index is 11.8. The van der Waals surface area contributed by atoms with Crippen molar-refractivity contribution in [1.29, 1.82) is 0 Å². The highest BCUT2D eigenvalue weighted by molar-refractivity contribution is 5.30. The normalized spacial score (nSPS) is 11.5. The molecule has 0 spiro atoms. The number of aryl methyl sites for hydroxylation is 1.